The molecule has 0 aliphatic heterocycles. The maximum atomic E-state index is 3.69. The van der Waals surface area contributed by atoms with Crippen molar-refractivity contribution in [2.45, 2.75) is 52.1 Å². The summed E-state index contributed by atoms with van der Waals surface area (Å²) in [6.45, 7) is 8.11. The van der Waals surface area contributed by atoms with E-state index in [2.05, 4.69) is 45.1 Å². The molecule has 1 N–H and O–H groups in total. The van der Waals surface area contributed by atoms with Gasteiger partial charge in [-0.15, -0.1) is 0 Å². The van der Waals surface area contributed by atoms with Gasteiger partial charge in [-0.3, -0.25) is 0 Å². The van der Waals surface area contributed by atoms with Gasteiger partial charge in [-0.05, 0) is 45.2 Å². The smallest absolute Gasteiger partial charge is 0.0217 e. The van der Waals surface area contributed by atoms with E-state index in [1.165, 1.54) is 19.3 Å². The average molecular weight is 212 g/mol. The number of hydrogen-bond donors (Lipinski definition) is 1. The van der Waals surface area contributed by atoms with Gasteiger partial charge >= 0.3 is 0 Å². The van der Waals surface area contributed by atoms with E-state index >= 15 is 0 Å². The highest BCUT2D eigenvalue weighted by Crippen LogP contribution is 2.26. The van der Waals surface area contributed by atoms with Gasteiger partial charge in [-0.1, -0.05) is 20.8 Å². The first-order valence-corrected chi connectivity index (χ1v) is 6.38. The molecular formula is C13H28N2. The molecule has 1 aliphatic carbocycles. The van der Waals surface area contributed by atoms with E-state index in [0.717, 1.165) is 24.4 Å². The van der Waals surface area contributed by atoms with Gasteiger partial charge in [-0.2, -0.15) is 0 Å². The number of hydrogen-bond acceptors (Lipinski definition) is 2. The Morgan fingerprint density at radius 1 is 1.27 bits per heavy atom. The monoisotopic (exact) mass is 212 g/mol. The van der Waals surface area contributed by atoms with Crippen LogP contribution in [0.1, 0.15) is 40.0 Å². The highest BCUT2D eigenvalue weighted by atomic mass is 15.1. The molecule has 1 saturated carbocycles. The second kappa shape index (κ2) is 5.86. The van der Waals surface area contributed by atoms with Gasteiger partial charge in [0.15, 0.2) is 0 Å². The van der Waals surface area contributed by atoms with Crippen molar-refractivity contribution in [2.24, 2.45) is 11.8 Å². The van der Waals surface area contributed by atoms with E-state index in [9.17, 15) is 0 Å². The number of likely N-dealkylation sites (N-methyl/N-ethyl adjacent to an activating group) is 1. The molecule has 1 aliphatic rings. The Bertz CT molecular complexity index is 171. The van der Waals surface area contributed by atoms with E-state index < -0.39 is 0 Å². The summed E-state index contributed by atoms with van der Waals surface area (Å²) in [4.78, 5) is 2.36. The van der Waals surface area contributed by atoms with E-state index in [-0.39, 0.29) is 0 Å². The summed E-state index contributed by atoms with van der Waals surface area (Å²) in [6.07, 6.45) is 4.05. The molecule has 1 rings (SSSR count). The van der Waals surface area contributed by atoms with Crippen molar-refractivity contribution in [2.75, 3.05) is 20.6 Å². The van der Waals surface area contributed by atoms with Gasteiger partial charge in [0.2, 0.25) is 0 Å². The molecule has 0 aromatic rings. The zero-order valence-electron chi connectivity index (χ0n) is 11.1. The number of rotatable bonds is 6. The molecule has 0 spiro atoms. The zero-order chi connectivity index (χ0) is 11.4. The Labute approximate surface area is 95.4 Å². The Morgan fingerprint density at radius 3 is 2.27 bits per heavy atom. The van der Waals surface area contributed by atoms with Gasteiger partial charge < -0.3 is 10.2 Å². The first kappa shape index (κ1) is 13.0. The van der Waals surface area contributed by atoms with Crippen LogP contribution in [-0.2, 0) is 0 Å². The molecule has 0 bridgehead atoms. The Balaban J connectivity index is 2.19. The minimum Gasteiger partial charge on any atom is -0.312 e. The minimum atomic E-state index is 0.695. The van der Waals surface area contributed by atoms with Crippen LogP contribution in [0.15, 0.2) is 0 Å². The van der Waals surface area contributed by atoms with Gasteiger partial charge in [0.1, 0.15) is 0 Å². The standard InChI is InChI=1S/C13H28N2/c1-10(2)6-13(15(4)5)9-14-12-7-11(3)8-12/h10-14H,6-9H2,1-5H3. The molecule has 0 saturated heterocycles. The number of nitrogens with one attached hydrogen (secondary N) is 1. The van der Waals surface area contributed by atoms with E-state index in [0.29, 0.717) is 6.04 Å². The predicted octanol–water partition coefficient (Wildman–Crippen LogP) is 2.35. The summed E-state index contributed by atoms with van der Waals surface area (Å²) in [5.74, 6) is 1.74. The second-order valence-corrected chi connectivity index (χ2v) is 5.93. The summed E-state index contributed by atoms with van der Waals surface area (Å²) in [5.41, 5.74) is 0. The molecule has 1 fully saturated rings. The van der Waals surface area contributed by atoms with E-state index in [4.69, 9.17) is 0 Å². The van der Waals surface area contributed by atoms with Crippen LogP contribution in [0.4, 0.5) is 0 Å². The first-order chi connectivity index (χ1) is 6.99. The molecule has 2 heteroatoms. The largest absolute Gasteiger partial charge is 0.312 e. The third kappa shape index (κ3) is 4.52. The Morgan fingerprint density at radius 2 is 1.87 bits per heavy atom. The van der Waals surface area contributed by atoms with Crippen LogP contribution in [0.3, 0.4) is 0 Å². The maximum absolute atomic E-state index is 3.69. The lowest BCUT2D eigenvalue weighted by Crippen LogP contribution is -2.47. The topological polar surface area (TPSA) is 15.3 Å². The van der Waals surface area contributed by atoms with Crippen LogP contribution in [0, 0.1) is 11.8 Å². The summed E-state index contributed by atoms with van der Waals surface area (Å²) in [7, 11) is 4.39. The van der Waals surface area contributed by atoms with E-state index in [1.54, 1.807) is 0 Å². The first-order valence-electron chi connectivity index (χ1n) is 6.38. The maximum Gasteiger partial charge on any atom is 0.0217 e. The second-order valence-electron chi connectivity index (χ2n) is 5.93. The van der Waals surface area contributed by atoms with Crippen molar-refractivity contribution >= 4 is 0 Å². The van der Waals surface area contributed by atoms with Crippen molar-refractivity contribution in [3.05, 3.63) is 0 Å². The molecule has 0 radical (unpaired) electrons. The quantitative estimate of drug-likeness (QED) is 0.727. The van der Waals surface area contributed by atoms with Crippen molar-refractivity contribution in [3.8, 4) is 0 Å². The fraction of sp³-hybridized carbons (Fsp3) is 1.00. The fourth-order valence-electron chi connectivity index (χ4n) is 2.39. The molecule has 0 aromatic heterocycles. The fourth-order valence-corrected chi connectivity index (χ4v) is 2.39. The predicted molar refractivity (Wildman–Crippen MR) is 67.1 cm³/mol. The molecule has 15 heavy (non-hydrogen) atoms. The zero-order valence-corrected chi connectivity index (χ0v) is 11.1. The lowest BCUT2D eigenvalue weighted by atomic mass is 9.82. The minimum absolute atomic E-state index is 0.695. The van der Waals surface area contributed by atoms with Crippen LogP contribution in [0.2, 0.25) is 0 Å². The van der Waals surface area contributed by atoms with Crippen LogP contribution >= 0.6 is 0 Å². The summed E-state index contributed by atoms with van der Waals surface area (Å²) >= 11 is 0. The van der Waals surface area contributed by atoms with Crippen LogP contribution in [-0.4, -0.2) is 37.6 Å². The van der Waals surface area contributed by atoms with Crippen molar-refractivity contribution < 1.29 is 0 Å². The molecular weight excluding hydrogens is 184 g/mol. The molecule has 90 valence electrons. The van der Waals surface area contributed by atoms with Gasteiger partial charge in [-0.25, -0.2) is 0 Å². The third-order valence-corrected chi connectivity index (χ3v) is 3.49. The Kier molecular flexibility index (Phi) is 5.07. The average Bonchev–Trinajstić information content (AvgIpc) is 2.07. The normalized spacial score (nSPS) is 28.2. The lowest BCUT2D eigenvalue weighted by Gasteiger charge is -2.36. The summed E-state index contributed by atoms with van der Waals surface area (Å²) < 4.78 is 0. The van der Waals surface area contributed by atoms with Crippen LogP contribution in [0.25, 0.3) is 0 Å². The van der Waals surface area contributed by atoms with Crippen LogP contribution < -0.4 is 5.32 Å². The van der Waals surface area contributed by atoms with Crippen LogP contribution in [0.5, 0.6) is 0 Å². The third-order valence-electron chi connectivity index (χ3n) is 3.49. The molecule has 2 nitrogen and oxygen atoms in total. The van der Waals surface area contributed by atoms with Crippen molar-refractivity contribution in [1.29, 1.82) is 0 Å². The summed E-state index contributed by atoms with van der Waals surface area (Å²) in [5, 5.41) is 3.69. The van der Waals surface area contributed by atoms with E-state index in [1.807, 2.05) is 0 Å². The molecule has 0 aromatic carbocycles. The van der Waals surface area contributed by atoms with Gasteiger partial charge in [0.25, 0.3) is 0 Å². The summed E-state index contributed by atoms with van der Waals surface area (Å²) in [6, 6.07) is 1.50. The molecule has 1 atom stereocenters. The lowest BCUT2D eigenvalue weighted by molar-refractivity contribution is 0.196. The van der Waals surface area contributed by atoms with Gasteiger partial charge in [0, 0.05) is 18.6 Å². The Hall–Kier alpha value is -0.0800. The van der Waals surface area contributed by atoms with Crippen molar-refractivity contribution in [3.63, 3.8) is 0 Å². The van der Waals surface area contributed by atoms with Crippen molar-refractivity contribution in [1.82, 2.24) is 10.2 Å². The number of nitrogens with zero attached hydrogens (tertiary/aromatic N) is 1. The highest BCUT2D eigenvalue weighted by Gasteiger charge is 2.25. The molecule has 0 amide bonds. The molecule has 0 heterocycles. The highest BCUT2D eigenvalue weighted by molar-refractivity contribution is 4.84. The van der Waals surface area contributed by atoms with Gasteiger partial charge in [0.05, 0.1) is 0 Å². The SMILES string of the molecule is CC(C)CC(CNC1CC(C)C1)N(C)C. The molecule has 1 unspecified atom stereocenters.